The van der Waals surface area contributed by atoms with Crippen molar-refractivity contribution in [3.8, 4) is 0 Å². The molecule has 0 heterocycles. The molecule has 3 nitrogen and oxygen atoms in total. The molecule has 0 aliphatic carbocycles. The normalized spacial score (nSPS) is 16.1. The van der Waals surface area contributed by atoms with E-state index in [1.54, 1.807) is 20.8 Å². The van der Waals surface area contributed by atoms with Crippen LogP contribution in [-0.2, 0) is 0 Å². The van der Waals surface area contributed by atoms with E-state index in [2.05, 4.69) is 30.2 Å². The van der Waals surface area contributed by atoms with Crippen LogP contribution in [0.1, 0.15) is 20.8 Å². The minimum Gasteiger partial charge on any atom is -0.300 e. The topological polar surface area (TPSA) is 32.7 Å². The molecule has 12 heavy (non-hydrogen) atoms. The van der Waals surface area contributed by atoms with Crippen molar-refractivity contribution in [3.63, 3.8) is 0 Å². The van der Waals surface area contributed by atoms with Gasteiger partial charge in [0.15, 0.2) is 0 Å². The van der Waals surface area contributed by atoms with E-state index in [1.807, 2.05) is 0 Å². The number of amides is 2. The number of aliphatic imine (C=N–C) groups is 1. The Bertz CT molecular complexity index is 172. The van der Waals surface area contributed by atoms with Gasteiger partial charge in [-0.1, -0.05) is 0 Å². The van der Waals surface area contributed by atoms with Crippen LogP contribution in [0.4, 0.5) is 4.79 Å². The Kier molecular flexibility index (Phi) is 5.41. The molecule has 0 aromatic heterocycles. The Labute approximate surface area is 84.1 Å². The standard InChI is InChI=1S/C7H14N2OS2/c1-4-8-7(10)9(5(2)11)6(3)12/h4-6,11-12H,1-3H3/b8-4+. The first-order valence-corrected chi connectivity index (χ1v) is 4.71. The summed E-state index contributed by atoms with van der Waals surface area (Å²) in [5.74, 6) is 0. The van der Waals surface area contributed by atoms with Crippen LogP contribution in [0, 0.1) is 0 Å². The van der Waals surface area contributed by atoms with Gasteiger partial charge in [-0.25, -0.2) is 9.79 Å². The van der Waals surface area contributed by atoms with Crippen LogP contribution in [0.25, 0.3) is 0 Å². The predicted molar refractivity (Wildman–Crippen MR) is 58.3 cm³/mol. The van der Waals surface area contributed by atoms with E-state index in [0.29, 0.717) is 0 Å². The van der Waals surface area contributed by atoms with Gasteiger partial charge in [0.25, 0.3) is 0 Å². The first-order valence-electron chi connectivity index (χ1n) is 3.67. The molecule has 2 unspecified atom stereocenters. The van der Waals surface area contributed by atoms with E-state index in [4.69, 9.17) is 0 Å². The fourth-order valence-corrected chi connectivity index (χ4v) is 1.51. The summed E-state index contributed by atoms with van der Waals surface area (Å²) in [6, 6.07) is -0.303. The lowest BCUT2D eigenvalue weighted by atomic mass is 10.5. The molecule has 0 saturated carbocycles. The molecule has 2 atom stereocenters. The number of thiol groups is 2. The van der Waals surface area contributed by atoms with Gasteiger partial charge >= 0.3 is 6.03 Å². The van der Waals surface area contributed by atoms with Crippen molar-refractivity contribution in [2.45, 2.75) is 31.5 Å². The zero-order chi connectivity index (χ0) is 9.72. The van der Waals surface area contributed by atoms with E-state index in [9.17, 15) is 4.79 Å². The first-order chi connectivity index (χ1) is 5.50. The van der Waals surface area contributed by atoms with Crippen LogP contribution >= 0.6 is 25.3 Å². The molecule has 0 aliphatic heterocycles. The maximum Gasteiger partial charge on any atom is 0.344 e. The Morgan fingerprint density at radius 1 is 1.42 bits per heavy atom. The third-order valence-corrected chi connectivity index (χ3v) is 1.76. The molecule has 0 aromatic rings. The molecular weight excluding hydrogens is 192 g/mol. The summed E-state index contributed by atoms with van der Waals surface area (Å²) in [6.07, 6.45) is 1.46. The lowest BCUT2D eigenvalue weighted by molar-refractivity contribution is 0.205. The Balaban J connectivity index is 4.40. The molecule has 0 rings (SSSR count). The van der Waals surface area contributed by atoms with Gasteiger partial charge in [-0.05, 0) is 20.8 Å². The summed E-state index contributed by atoms with van der Waals surface area (Å²) in [7, 11) is 0. The highest BCUT2D eigenvalue weighted by molar-refractivity contribution is 7.81. The molecule has 0 aliphatic rings. The minimum atomic E-state index is -0.303. The van der Waals surface area contributed by atoms with E-state index in [1.165, 1.54) is 11.1 Å². The van der Waals surface area contributed by atoms with E-state index in [0.717, 1.165) is 0 Å². The Morgan fingerprint density at radius 3 is 2.08 bits per heavy atom. The van der Waals surface area contributed by atoms with Crippen LogP contribution in [-0.4, -0.2) is 27.9 Å². The smallest absolute Gasteiger partial charge is 0.300 e. The Morgan fingerprint density at radius 2 is 1.83 bits per heavy atom. The highest BCUT2D eigenvalue weighted by atomic mass is 32.1. The van der Waals surface area contributed by atoms with Crippen LogP contribution < -0.4 is 0 Å². The molecule has 0 aromatic carbocycles. The van der Waals surface area contributed by atoms with Crippen molar-refractivity contribution < 1.29 is 4.79 Å². The second-order valence-corrected chi connectivity index (χ2v) is 3.84. The second-order valence-electron chi connectivity index (χ2n) is 2.34. The van der Waals surface area contributed by atoms with E-state index >= 15 is 0 Å². The number of rotatable bonds is 2. The van der Waals surface area contributed by atoms with Gasteiger partial charge < -0.3 is 4.90 Å². The van der Waals surface area contributed by atoms with Crippen LogP contribution in [0.3, 0.4) is 0 Å². The first kappa shape index (κ1) is 11.8. The molecule has 2 amide bonds. The zero-order valence-corrected chi connectivity index (χ0v) is 9.22. The van der Waals surface area contributed by atoms with Gasteiger partial charge in [-0.3, -0.25) is 0 Å². The van der Waals surface area contributed by atoms with E-state index in [-0.39, 0.29) is 16.8 Å². The number of hydrogen-bond acceptors (Lipinski definition) is 3. The molecule has 0 radical (unpaired) electrons. The quantitative estimate of drug-likeness (QED) is 0.404. The SMILES string of the molecule is C/C=N/C(=O)N(C(C)S)C(C)S. The fraction of sp³-hybridized carbons (Fsp3) is 0.714. The summed E-state index contributed by atoms with van der Waals surface area (Å²) in [5, 5.41) is -0.345. The number of hydrogen-bond donors (Lipinski definition) is 2. The van der Waals surface area contributed by atoms with Crippen molar-refractivity contribution in [2.24, 2.45) is 4.99 Å². The van der Waals surface area contributed by atoms with Crippen LogP contribution in [0.15, 0.2) is 4.99 Å². The Hall–Kier alpha value is -0.160. The van der Waals surface area contributed by atoms with Gasteiger partial charge in [0.05, 0.1) is 10.7 Å². The third kappa shape index (κ3) is 3.49. The molecule has 0 fully saturated rings. The van der Waals surface area contributed by atoms with Gasteiger partial charge in [0.1, 0.15) is 0 Å². The largest absolute Gasteiger partial charge is 0.344 e. The van der Waals surface area contributed by atoms with Gasteiger partial charge in [-0.15, -0.1) is 0 Å². The zero-order valence-electron chi connectivity index (χ0n) is 7.43. The summed E-state index contributed by atoms with van der Waals surface area (Å²) in [4.78, 5) is 16.4. The van der Waals surface area contributed by atoms with E-state index < -0.39 is 0 Å². The van der Waals surface area contributed by atoms with Crippen molar-refractivity contribution in [1.82, 2.24) is 4.90 Å². The maximum absolute atomic E-state index is 11.3. The van der Waals surface area contributed by atoms with Gasteiger partial charge in [-0.2, -0.15) is 25.3 Å². The molecule has 0 N–H and O–H groups in total. The summed E-state index contributed by atoms with van der Waals surface area (Å²) < 4.78 is 0. The molecule has 0 bridgehead atoms. The van der Waals surface area contributed by atoms with Crippen molar-refractivity contribution in [3.05, 3.63) is 0 Å². The lowest BCUT2D eigenvalue weighted by Crippen LogP contribution is -2.38. The highest BCUT2D eigenvalue weighted by Crippen LogP contribution is 2.12. The average Bonchev–Trinajstić information content (AvgIpc) is 1.85. The number of urea groups is 1. The fourth-order valence-electron chi connectivity index (χ4n) is 0.809. The third-order valence-electron chi connectivity index (χ3n) is 1.27. The maximum atomic E-state index is 11.3. The van der Waals surface area contributed by atoms with Crippen LogP contribution in [0.2, 0.25) is 0 Å². The monoisotopic (exact) mass is 206 g/mol. The van der Waals surface area contributed by atoms with Crippen molar-refractivity contribution in [1.29, 1.82) is 0 Å². The van der Waals surface area contributed by atoms with Crippen LogP contribution in [0.5, 0.6) is 0 Å². The summed E-state index contributed by atoms with van der Waals surface area (Å²) in [6.45, 7) is 5.31. The second kappa shape index (κ2) is 5.48. The molecule has 5 heteroatoms. The van der Waals surface area contributed by atoms with Gasteiger partial charge in [0.2, 0.25) is 0 Å². The highest BCUT2D eigenvalue weighted by Gasteiger charge is 2.19. The average molecular weight is 206 g/mol. The lowest BCUT2D eigenvalue weighted by Gasteiger charge is -2.26. The summed E-state index contributed by atoms with van der Waals surface area (Å²) in [5.41, 5.74) is 0. The molecule has 0 spiro atoms. The number of carbonyl (C=O) groups is 1. The minimum absolute atomic E-state index is 0.173. The van der Waals surface area contributed by atoms with Gasteiger partial charge in [0, 0.05) is 6.21 Å². The number of nitrogens with zero attached hydrogens (tertiary/aromatic N) is 2. The summed E-state index contributed by atoms with van der Waals surface area (Å²) >= 11 is 8.29. The molecular formula is C7H14N2OS2. The van der Waals surface area contributed by atoms with Crippen molar-refractivity contribution >= 4 is 37.5 Å². The molecule has 70 valence electrons. The predicted octanol–water partition coefficient (Wildman–Crippen LogP) is 2.05. The molecule has 0 saturated heterocycles. The number of carbonyl (C=O) groups excluding carboxylic acids is 1. The van der Waals surface area contributed by atoms with Crippen molar-refractivity contribution in [2.75, 3.05) is 0 Å².